The molecule has 0 aromatic heterocycles. The molecule has 0 spiro atoms. The predicted molar refractivity (Wildman–Crippen MR) is 84.9 cm³/mol. The van der Waals surface area contributed by atoms with Gasteiger partial charge in [-0.25, -0.2) is 8.42 Å². The summed E-state index contributed by atoms with van der Waals surface area (Å²) < 4.78 is 24.7. The van der Waals surface area contributed by atoms with Gasteiger partial charge in [0.2, 0.25) is 15.9 Å². The molecule has 1 aromatic carbocycles. The van der Waals surface area contributed by atoms with Gasteiger partial charge in [0.25, 0.3) is 0 Å². The summed E-state index contributed by atoms with van der Waals surface area (Å²) in [7, 11) is -3.43. The number of benzene rings is 1. The van der Waals surface area contributed by atoms with Gasteiger partial charge < -0.3 is 5.32 Å². The van der Waals surface area contributed by atoms with Crippen molar-refractivity contribution in [3.63, 3.8) is 0 Å². The van der Waals surface area contributed by atoms with Crippen molar-refractivity contribution >= 4 is 27.5 Å². The Hall–Kier alpha value is -1.11. The maximum Gasteiger partial charge on any atom is 0.235 e. The SMILES string of the molecule is CCCNC(=O)CN(CCc1cccc(Cl)c1)S(C)(=O)=O. The van der Waals surface area contributed by atoms with Crippen LogP contribution in [0.5, 0.6) is 0 Å². The van der Waals surface area contributed by atoms with E-state index in [0.29, 0.717) is 18.0 Å². The van der Waals surface area contributed by atoms with Crippen LogP contribution in [0, 0.1) is 0 Å². The van der Waals surface area contributed by atoms with E-state index >= 15 is 0 Å². The first-order chi connectivity index (χ1) is 9.82. The van der Waals surface area contributed by atoms with E-state index in [-0.39, 0.29) is 19.0 Å². The van der Waals surface area contributed by atoms with Gasteiger partial charge in [-0.2, -0.15) is 4.31 Å². The van der Waals surface area contributed by atoms with Gasteiger partial charge in [0.1, 0.15) is 0 Å². The molecule has 0 unspecified atom stereocenters. The Morgan fingerprint density at radius 3 is 2.67 bits per heavy atom. The Labute approximate surface area is 131 Å². The lowest BCUT2D eigenvalue weighted by molar-refractivity contribution is -0.121. The van der Waals surface area contributed by atoms with Gasteiger partial charge in [-0.05, 0) is 30.5 Å². The molecule has 21 heavy (non-hydrogen) atoms. The average Bonchev–Trinajstić information content (AvgIpc) is 2.40. The number of carbonyl (C=O) groups is 1. The average molecular weight is 333 g/mol. The van der Waals surface area contributed by atoms with Crippen LogP contribution in [0.25, 0.3) is 0 Å². The van der Waals surface area contributed by atoms with E-state index < -0.39 is 10.0 Å². The highest BCUT2D eigenvalue weighted by molar-refractivity contribution is 7.88. The molecule has 0 heterocycles. The highest BCUT2D eigenvalue weighted by Crippen LogP contribution is 2.12. The summed E-state index contributed by atoms with van der Waals surface area (Å²) in [6, 6.07) is 7.25. The molecule has 0 saturated carbocycles. The molecule has 7 heteroatoms. The summed E-state index contributed by atoms with van der Waals surface area (Å²) in [6.45, 7) is 2.58. The van der Waals surface area contributed by atoms with Crippen LogP contribution in [0.4, 0.5) is 0 Å². The van der Waals surface area contributed by atoms with E-state index in [1.54, 1.807) is 12.1 Å². The molecule has 0 bridgehead atoms. The second-order valence-corrected chi connectivity index (χ2v) is 7.25. The monoisotopic (exact) mass is 332 g/mol. The number of nitrogens with zero attached hydrogens (tertiary/aromatic N) is 1. The molecule has 0 atom stereocenters. The van der Waals surface area contributed by atoms with E-state index in [1.807, 2.05) is 19.1 Å². The smallest absolute Gasteiger partial charge is 0.235 e. The van der Waals surface area contributed by atoms with Crippen LogP contribution < -0.4 is 5.32 Å². The minimum atomic E-state index is -3.43. The van der Waals surface area contributed by atoms with E-state index in [9.17, 15) is 13.2 Å². The van der Waals surface area contributed by atoms with Crippen molar-refractivity contribution in [3.05, 3.63) is 34.9 Å². The summed E-state index contributed by atoms with van der Waals surface area (Å²) in [4.78, 5) is 11.7. The fraction of sp³-hybridized carbons (Fsp3) is 0.500. The van der Waals surface area contributed by atoms with Crippen LogP contribution >= 0.6 is 11.6 Å². The summed E-state index contributed by atoms with van der Waals surface area (Å²) >= 11 is 5.90. The quantitative estimate of drug-likeness (QED) is 0.787. The molecule has 0 aliphatic carbocycles. The number of rotatable bonds is 8. The van der Waals surface area contributed by atoms with Crippen LogP contribution in [-0.2, 0) is 21.2 Å². The van der Waals surface area contributed by atoms with Crippen molar-refractivity contribution < 1.29 is 13.2 Å². The number of halogens is 1. The normalized spacial score (nSPS) is 11.6. The summed E-state index contributed by atoms with van der Waals surface area (Å²) in [5, 5.41) is 3.29. The lowest BCUT2D eigenvalue weighted by Gasteiger charge is -2.19. The Bertz CT molecular complexity index is 575. The molecule has 5 nitrogen and oxygen atoms in total. The van der Waals surface area contributed by atoms with E-state index in [0.717, 1.165) is 18.2 Å². The van der Waals surface area contributed by atoms with Gasteiger partial charge in [0.15, 0.2) is 0 Å². The van der Waals surface area contributed by atoms with Crippen molar-refractivity contribution in [2.75, 3.05) is 25.9 Å². The van der Waals surface area contributed by atoms with Gasteiger partial charge >= 0.3 is 0 Å². The maximum absolute atomic E-state index is 11.7. The molecule has 1 rings (SSSR count). The Morgan fingerprint density at radius 1 is 1.38 bits per heavy atom. The second kappa shape index (κ2) is 8.36. The zero-order valence-corrected chi connectivity index (χ0v) is 13.9. The second-order valence-electron chi connectivity index (χ2n) is 4.83. The molecule has 0 aliphatic rings. The number of hydrogen-bond acceptors (Lipinski definition) is 3. The third-order valence-corrected chi connectivity index (χ3v) is 4.38. The number of nitrogens with one attached hydrogen (secondary N) is 1. The molecule has 1 amide bonds. The first-order valence-electron chi connectivity index (χ1n) is 6.79. The maximum atomic E-state index is 11.7. The standard InChI is InChI=1S/C14H21ClN2O3S/c1-3-8-16-14(18)11-17(21(2,19)20)9-7-12-5-4-6-13(15)10-12/h4-6,10H,3,7-9,11H2,1-2H3,(H,16,18). The minimum absolute atomic E-state index is 0.153. The predicted octanol–water partition coefficient (Wildman–Crippen LogP) is 1.67. The molecule has 0 aliphatic heterocycles. The summed E-state index contributed by atoms with van der Waals surface area (Å²) in [5.41, 5.74) is 0.935. The molecular formula is C14H21ClN2O3S. The number of amides is 1. The largest absolute Gasteiger partial charge is 0.355 e. The van der Waals surface area contributed by atoms with E-state index in [4.69, 9.17) is 11.6 Å². The minimum Gasteiger partial charge on any atom is -0.355 e. The van der Waals surface area contributed by atoms with Gasteiger partial charge in [0, 0.05) is 18.1 Å². The third-order valence-electron chi connectivity index (χ3n) is 2.90. The lowest BCUT2D eigenvalue weighted by atomic mass is 10.1. The summed E-state index contributed by atoms with van der Waals surface area (Å²) in [5.74, 6) is -0.284. The van der Waals surface area contributed by atoms with Crippen molar-refractivity contribution in [3.8, 4) is 0 Å². The number of sulfonamides is 1. The molecular weight excluding hydrogens is 312 g/mol. The molecule has 1 aromatic rings. The first-order valence-corrected chi connectivity index (χ1v) is 9.02. The van der Waals surface area contributed by atoms with Gasteiger partial charge in [-0.1, -0.05) is 30.7 Å². The molecule has 1 N–H and O–H groups in total. The van der Waals surface area contributed by atoms with Crippen LogP contribution in [0.15, 0.2) is 24.3 Å². The van der Waals surface area contributed by atoms with Crippen molar-refractivity contribution in [1.82, 2.24) is 9.62 Å². The van der Waals surface area contributed by atoms with Gasteiger partial charge in [0.05, 0.1) is 12.8 Å². The van der Waals surface area contributed by atoms with E-state index in [2.05, 4.69) is 5.32 Å². The molecule has 118 valence electrons. The van der Waals surface area contributed by atoms with Crippen LogP contribution in [0.3, 0.4) is 0 Å². The highest BCUT2D eigenvalue weighted by Gasteiger charge is 2.19. The lowest BCUT2D eigenvalue weighted by Crippen LogP contribution is -2.41. The zero-order valence-electron chi connectivity index (χ0n) is 12.3. The van der Waals surface area contributed by atoms with Crippen LogP contribution in [-0.4, -0.2) is 44.5 Å². The van der Waals surface area contributed by atoms with Crippen LogP contribution in [0.2, 0.25) is 5.02 Å². The van der Waals surface area contributed by atoms with Crippen LogP contribution in [0.1, 0.15) is 18.9 Å². The topological polar surface area (TPSA) is 66.5 Å². The number of carbonyl (C=O) groups excluding carboxylic acids is 1. The van der Waals surface area contributed by atoms with Gasteiger partial charge in [-0.15, -0.1) is 0 Å². The third kappa shape index (κ3) is 6.93. The highest BCUT2D eigenvalue weighted by atomic mass is 35.5. The van der Waals surface area contributed by atoms with Crippen molar-refractivity contribution in [2.24, 2.45) is 0 Å². The zero-order chi connectivity index (χ0) is 15.9. The Balaban J connectivity index is 2.65. The van der Waals surface area contributed by atoms with Crippen molar-refractivity contribution in [2.45, 2.75) is 19.8 Å². The fourth-order valence-corrected chi connectivity index (χ4v) is 2.78. The molecule has 0 radical (unpaired) electrons. The fourth-order valence-electron chi connectivity index (χ4n) is 1.79. The Morgan fingerprint density at radius 2 is 2.10 bits per heavy atom. The molecule has 0 fully saturated rings. The Kier molecular flexibility index (Phi) is 7.14. The molecule has 0 saturated heterocycles. The van der Waals surface area contributed by atoms with Crippen molar-refractivity contribution in [1.29, 1.82) is 0 Å². The number of hydrogen-bond donors (Lipinski definition) is 1. The van der Waals surface area contributed by atoms with Gasteiger partial charge in [-0.3, -0.25) is 4.79 Å². The van der Waals surface area contributed by atoms with E-state index in [1.165, 1.54) is 4.31 Å². The summed E-state index contributed by atoms with van der Waals surface area (Å²) in [6.07, 6.45) is 2.43. The first kappa shape index (κ1) is 17.9.